The third-order valence-electron chi connectivity index (χ3n) is 3.45. The topological polar surface area (TPSA) is 108 Å². The smallest absolute Gasteiger partial charge is 0.336 e. The Morgan fingerprint density at radius 2 is 1.76 bits per heavy atom. The summed E-state index contributed by atoms with van der Waals surface area (Å²) in [6, 6.07) is 6.82. The van der Waals surface area contributed by atoms with E-state index in [0.717, 1.165) is 4.31 Å². The van der Waals surface area contributed by atoms with Crippen LogP contribution >= 0.6 is 0 Å². The first-order valence-electron chi connectivity index (χ1n) is 6.28. The van der Waals surface area contributed by atoms with Gasteiger partial charge in [0.15, 0.2) is 0 Å². The number of sulfonamides is 1. The highest BCUT2D eigenvalue weighted by Gasteiger charge is 2.37. The highest BCUT2D eigenvalue weighted by Crippen LogP contribution is 2.24. The maximum absolute atomic E-state index is 12.4. The summed E-state index contributed by atoms with van der Waals surface area (Å²) in [4.78, 5) is 11.1. The summed E-state index contributed by atoms with van der Waals surface area (Å²) < 4.78 is 30.9. The Hall–Kier alpha value is -1.74. The van der Waals surface area contributed by atoms with Crippen LogP contribution in [0.25, 0.3) is 11.0 Å². The fourth-order valence-corrected chi connectivity index (χ4v) is 3.80. The van der Waals surface area contributed by atoms with E-state index in [4.69, 9.17) is 4.42 Å². The zero-order chi connectivity index (χ0) is 15.2. The predicted octanol–water partition coefficient (Wildman–Crippen LogP) is -0.481. The highest BCUT2D eigenvalue weighted by molar-refractivity contribution is 7.89. The number of aliphatic hydroxyl groups is 2. The summed E-state index contributed by atoms with van der Waals surface area (Å²) in [7, 11) is -3.81. The van der Waals surface area contributed by atoms with Crippen LogP contribution in [0.1, 0.15) is 0 Å². The fraction of sp³-hybridized carbons (Fsp3) is 0.308. The lowest BCUT2D eigenvalue weighted by Crippen LogP contribution is -2.29. The van der Waals surface area contributed by atoms with Crippen LogP contribution in [0.2, 0.25) is 0 Å². The van der Waals surface area contributed by atoms with E-state index in [-0.39, 0.29) is 18.0 Å². The minimum atomic E-state index is -3.81. The second-order valence-electron chi connectivity index (χ2n) is 4.91. The van der Waals surface area contributed by atoms with Gasteiger partial charge in [-0.2, -0.15) is 4.31 Å². The molecule has 1 saturated heterocycles. The van der Waals surface area contributed by atoms with Gasteiger partial charge in [0.05, 0.1) is 17.1 Å². The number of benzene rings is 1. The third-order valence-corrected chi connectivity index (χ3v) is 5.28. The van der Waals surface area contributed by atoms with Gasteiger partial charge in [-0.1, -0.05) is 0 Å². The molecule has 0 bridgehead atoms. The third kappa shape index (κ3) is 2.46. The fourth-order valence-electron chi connectivity index (χ4n) is 2.29. The average molecular weight is 311 g/mol. The maximum atomic E-state index is 12.4. The summed E-state index contributed by atoms with van der Waals surface area (Å²) in [5.74, 6) is 0. The van der Waals surface area contributed by atoms with Crippen molar-refractivity contribution in [2.24, 2.45) is 0 Å². The molecular weight excluding hydrogens is 298 g/mol. The molecular formula is C13H13NO6S. The molecule has 0 aliphatic carbocycles. The molecule has 0 unspecified atom stereocenters. The first-order valence-corrected chi connectivity index (χ1v) is 7.72. The molecule has 21 heavy (non-hydrogen) atoms. The van der Waals surface area contributed by atoms with Crippen LogP contribution in [-0.2, 0) is 10.0 Å². The largest absolute Gasteiger partial charge is 0.423 e. The molecule has 0 spiro atoms. The number of nitrogens with zero attached hydrogens (tertiary/aromatic N) is 1. The maximum Gasteiger partial charge on any atom is 0.336 e. The molecule has 2 aromatic rings. The lowest BCUT2D eigenvalue weighted by atomic mass is 10.2. The van der Waals surface area contributed by atoms with Gasteiger partial charge in [0.2, 0.25) is 10.0 Å². The van der Waals surface area contributed by atoms with Crippen molar-refractivity contribution >= 4 is 21.0 Å². The van der Waals surface area contributed by atoms with Gasteiger partial charge in [0.1, 0.15) is 5.58 Å². The van der Waals surface area contributed by atoms with Gasteiger partial charge in [0.25, 0.3) is 0 Å². The molecule has 8 heteroatoms. The summed E-state index contributed by atoms with van der Waals surface area (Å²) >= 11 is 0. The Morgan fingerprint density at radius 1 is 1.10 bits per heavy atom. The van der Waals surface area contributed by atoms with Crippen LogP contribution in [0.15, 0.2) is 44.4 Å². The molecule has 1 aromatic heterocycles. The first kappa shape index (κ1) is 14.2. The molecule has 2 atom stereocenters. The van der Waals surface area contributed by atoms with E-state index in [2.05, 4.69) is 0 Å². The van der Waals surface area contributed by atoms with Gasteiger partial charge in [-0.05, 0) is 24.3 Å². The van der Waals surface area contributed by atoms with Crippen LogP contribution in [0, 0.1) is 0 Å². The number of fused-ring (bicyclic) bond motifs is 1. The van der Waals surface area contributed by atoms with Crippen molar-refractivity contribution in [1.29, 1.82) is 0 Å². The van der Waals surface area contributed by atoms with E-state index in [1.54, 1.807) is 0 Å². The Kier molecular flexibility index (Phi) is 3.33. The van der Waals surface area contributed by atoms with Gasteiger partial charge in [-0.15, -0.1) is 0 Å². The molecule has 7 nitrogen and oxygen atoms in total. The summed E-state index contributed by atoms with van der Waals surface area (Å²) in [5.41, 5.74) is -0.216. The minimum absolute atomic E-state index is 0.0187. The van der Waals surface area contributed by atoms with Gasteiger partial charge < -0.3 is 14.6 Å². The van der Waals surface area contributed by atoms with Crippen molar-refractivity contribution in [3.63, 3.8) is 0 Å². The van der Waals surface area contributed by atoms with Crippen LogP contribution in [-0.4, -0.2) is 48.2 Å². The number of hydrogen-bond acceptors (Lipinski definition) is 6. The molecule has 1 aliphatic heterocycles. The van der Waals surface area contributed by atoms with Crippen LogP contribution < -0.4 is 5.63 Å². The van der Waals surface area contributed by atoms with Crippen LogP contribution in [0.3, 0.4) is 0 Å². The molecule has 1 aromatic carbocycles. The zero-order valence-electron chi connectivity index (χ0n) is 10.8. The van der Waals surface area contributed by atoms with Crippen molar-refractivity contribution in [1.82, 2.24) is 4.31 Å². The second-order valence-corrected chi connectivity index (χ2v) is 6.85. The van der Waals surface area contributed by atoms with E-state index < -0.39 is 27.9 Å². The average Bonchev–Trinajstić information content (AvgIpc) is 2.78. The Labute approximate surface area is 120 Å². The molecule has 2 heterocycles. The van der Waals surface area contributed by atoms with E-state index in [1.807, 2.05) is 0 Å². The second kappa shape index (κ2) is 4.92. The normalized spacial score (nSPS) is 23.7. The number of hydrogen-bond donors (Lipinski definition) is 2. The monoisotopic (exact) mass is 311 g/mol. The quantitative estimate of drug-likeness (QED) is 0.725. The molecule has 112 valence electrons. The molecule has 0 radical (unpaired) electrons. The number of β-amino-alcohol motifs (C(OH)–C–C–N with tert-alkyl or cyclic N) is 2. The first-order chi connectivity index (χ1) is 9.88. The van der Waals surface area contributed by atoms with Gasteiger partial charge >= 0.3 is 5.63 Å². The van der Waals surface area contributed by atoms with E-state index in [0.29, 0.717) is 11.0 Å². The molecule has 2 N–H and O–H groups in total. The van der Waals surface area contributed by atoms with E-state index >= 15 is 0 Å². The van der Waals surface area contributed by atoms with Crippen LogP contribution in [0.5, 0.6) is 0 Å². The van der Waals surface area contributed by atoms with E-state index in [9.17, 15) is 23.4 Å². The number of rotatable bonds is 2. The van der Waals surface area contributed by atoms with Gasteiger partial charge in [-0.25, -0.2) is 13.2 Å². The Bertz CT molecular complexity index is 833. The molecule has 1 aliphatic rings. The Balaban J connectivity index is 2.03. The minimum Gasteiger partial charge on any atom is -0.423 e. The lowest BCUT2D eigenvalue weighted by Gasteiger charge is -2.15. The van der Waals surface area contributed by atoms with Crippen molar-refractivity contribution in [2.45, 2.75) is 17.1 Å². The van der Waals surface area contributed by atoms with Crippen molar-refractivity contribution in [3.8, 4) is 0 Å². The molecule has 3 rings (SSSR count). The summed E-state index contributed by atoms with van der Waals surface area (Å²) in [6.07, 6.45) is -2.17. The summed E-state index contributed by atoms with van der Waals surface area (Å²) in [5, 5.41) is 19.4. The lowest BCUT2D eigenvalue weighted by molar-refractivity contribution is 0.0572. The highest BCUT2D eigenvalue weighted by atomic mass is 32.2. The van der Waals surface area contributed by atoms with Crippen molar-refractivity contribution in [2.75, 3.05) is 13.1 Å². The van der Waals surface area contributed by atoms with Gasteiger partial charge in [-0.3, -0.25) is 0 Å². The number of aliphatic hydroxyl groups excluding tert-OH is 2. The standard InChI is InChI=1S/C13H13NO6S/c15-10-6-14(7-11(10)16)21(18,19)9-2-3-12-8(5-9)1-4-13(17)20-12/h1-5,10-11,15-16H,6-7H2/t10-,11+. The molecule has 0 saturated carbocycles. The van der Waals surface area contributed by atoms with Crippen LogP contribution in [0.4, 0.5) is 0 Å². The molecule has 0 amide bonds. The van der Waals surface area contributed by atoms with E-state index in [1.165, 1.54) is 30.3 Å². The Morgan fingerprint density at radius 3 is 2.43 bits per heavy atom. The van der Waals surface area contributed by atoms with Crippen molar-refractivity contribution in [3.05, 3.63) is 40.8 Å². The summed E-state index contributed by atoms with van der Waals surface area (Å²) in [6.45, 7) is -0.295. The van der Waals surface area contributed by atoms with Gasteiger partial charge in [0, 0.05) is 24.5 Å². The predicted molar refractivity (Wildman–Crippen MR) is 73.3 cm³/mol. The zero-order valence-corrected chi connectivity index (χ0v) is 11.7. The SMILES string of the molecule is O=c1ccc2cc(S(=O)(=O)N3C[C@@H](O)[C@@H](O)C3)ccc2o1. The molecule has 1 fully saturated rings. The van der Waals surface area contributed by atoms with Crippen molar-refractivity contribution < 1.29 is 23.0 Å².